The third-order valence-electron chi connectivity index (χ3n) is 5.13. The zero-order valence-corrected chi connectivity index (χ0v) is 16.5. The summed E-state index contributed by atoms with van der Waals surface area (Å²) in [6.07, 6.45) is 3.92. The lowest BCUT2D eigenvalue weighted by Gasteiger charge is -2.26. The predicted molar refractivity (Wildman–Crippen MR) is 107 cm³/mol. The molecule has 27 heavy (non-hydrogen) atoms. The van der Waals surface area contributed by atoms with Crippen molar-refractivity contribution in [3.8, 4) is 5.88 Å². The lowest BCUT2D eigenvalue weighted by molar-refractivity contribution is 0.0950. The lowest BCUT2D eigenvalue weighted by Crippen LogP contribution is -2.29. The van der Waals surface area contributed by atoms with Crippen LogP contribution in [0.4, 0.5) is 0 Å². The maximum atomic E-state index is 12.5. The van der Waals surface area contributed by atoms with Crippen LogP contribution >= 0.6 is 0 Å². The van der Waals surface area contributed by atoms with E-state index < -0.39 is 0 Å². The van der Waals surface area contributed by atoms with Gasteiger partial charge in [0.2, 0.25) is 5.88 Å². The molecule has 0 bridgehead atoms. The van der Waals surface area contributed by atoms with E-state index in [-0.39, 0.29) is 5.91 Å². The standard InChI is InChI=1S/C22H29N3O2/c1-16-13-17(2)24-22(27-3)20(16)14-23-21(26)19-9-7-18(8-10-19)15-25-11-5-4-6-12-25/h7-10,13H,4-6,11-12,14-15H2,1-3H3,(H,23,26). The Labute approximate surface area is 161 Å². The van der Waals surface area contributed by atoms with Gasteiger partial charge in [-0.05, 0) is 69.1 Å². The third kappa shape index (κ3) is 5.07. The van der Waals surface area contributed by atoms with Crippen LogP contribution in [0.1, 0.15) is 52.0 Å². The van der Waals surface area contributed by atoms with Gasteiger partial charge in [0, 0.05) is 29.9 Å². The monoisotopic (exact) mass is 367 g/mol. The molecule has 2 heterocycles. The van der Waals surface area contributed by atoms with Gasteiger partial charge in [0.05, 0.1) is 7.11 Å². The molecule has 0 aliphatic carbocycles. The van der Waals surface area contributed by atoms with E-state index in [9.17, 15) is 4.79 Å². The Hall–Kier alpha value is -2.40. The number of rotatable bonds is 6. The summed E-state index contributed by atoms with van der Waals surface area (Å²) in [4.78, 5) is 19.4. The van der Waals surface area contributed by atoms with Crippen molar-refractivity contribution in [1.82, 2.24) is 15.2 Å². The van der Waals surface area contributed by atoms with E-state index in [1.165, 1.54) is 37.9 Å². The highest BCUT2D eigenvalue weighted by molar-refractivity contribution is 5.94. The van der Waals surface area contributed by atoms with Gasteiger partial charge in [-0.2, -0.15) is 0 Å². The molecule has 1 N–H and O–H groups in total. The molecule has 3 rings (SSSR count). The molecule has 1 aromatic carbocycles. The normalized spacial score (nSPS) is 14.8. The van der Waals surface area contributed by atoms with Gasteiger partial charge in [0.15, 0.2) is 0 Å². The van der Waals surface area contributed by atoms with E-state index in [1.54, 1.807) is 7.11 Å². The van der Waals surface area contributed by atoms with Crippen molar-refractivity contribution in [2.75, 3.05) is 20.2 Å². The second-order valence-corrected chi connectivity index (χ2v) is 7.28. The largest absolute Gasteiger partial charge is 0.481 e. The van der Waals surface area contributed by atoms with Crippen molar-refractivity contribution in [1.29, 1.82) is 0 Å². The van der Waals surface area contributed by atoms with E-state index in [0.717, 1.165) is 23.4 Å². The van der Waals surface area contributed by atoms with Gasteiger partial charge in [-0.3, -0.25) is 9.69 Å². The zero-order valence-electron chi connectivity index (χ0n) is 16.5. The number of nitrogens with zero attached hydrogens (tertiary/aromatic N) is 2. The van der Waals surface area contributed by atoms with Crippen molar-refractivity contribution in [3.63, 3.8) is 0 Å². The minimum atomic E-state index is -0.0819. The summed E-state index contributed by atoms with van der Waals surface area (Å²) in [6, 6.07) is 9.93. The molecular formula is C22H29N3O2. The van der Waals surface area contributed by atoms with Crippen LogP contribution in [0.2, 0.25) is 0 Å². The molecule has 1 fully saturated rings. The molecule has 0 atom stereocenters. The van der Waals surface area contributed by atoms with Crippen LogP contribution in [0, 0.1) is 13.8 Å². The first kappa shape index (κ1) is 19.4. The highest BCUT2D eigenvalue weighted by atomic mass is 16.5. The van der Waals surface area contributed by atoms with Crippen molar-refractivity contribution < 1.29 is 9.53 Å². The van der Waals surface area contributed by atoms with Crippen molar-refractivity contribution in [2.45, 2.75) is 46.2 Å². The van der Waals surface area contributed by atoms with Gasteiger partial charge in [0.25, 0.3) is 5.91 Å². The van der Waals surface area contributed by atoms with Crippen molar-refractivity contribution >= 4 is 5.91 Å². The number of aromatic nitrogens is 1. The average Bonchev–Trinajstić information content (AvgIpc) is 2.68. The second kappa shape index (κ2) is 9.00. The highest BCUT2D eigenvalue weighted by Crippen LogP contribution is 2.20. The molecule has 0 unspecified atom stereocenters. The number of hydrogen-bond donors (Lipinski definition) is 1. The Morgan fingerprint density at radius 3 is 2.52 bits per heavy atom. The Bertz CT molecular complexity index is 781. The molecule has 1 aliphatic heterocycles. The van der Waals surface area contributed by atoms with Crippen LogP contribution in [0.15, 0.2) is 30.3 Å². The fourth-order valence-corrected chi connectivity index (χ4v) is 3.62. The summed E-state index contributed by atoms with van der Waals surface area (Å²) >= 11 is 0. The third-order valence-corrected chi connectivity index (χ3v) is 5.13. The average molecular weight is 367 g/mol. The Morgan fingerprint density at radius 1 is 1.15 bits per heavy atom. The number of hydrogen-bond acceptors (Lipinski definition) is 4. The summed E-state index contributed by atoms with van der Waals surface area (Å²) in [5.41, 5.74) is 4.82. The molecule has 1 aliphatic rings. The summed E-state index contributed by atoms with van der Waals surface area (Å²) in [5.74, 6) is 0.492. The van der Waals surface area contributed by atoms with Crippen molar-refractivity contribution in [2.24, 2.45) is 0 Å². The number of likely N-dealkylation sites (tertiary alicyclic amines) is 1. The number of ether oxygens (including phenoxy) is 1. The smallest absolute Gasteiger partial charge is 0.251 e. The first-order valence-electron chi connectivity index (χ1n) is 9.67. The van der Waals surface area contributed by atoms with Crippen LogP contribution in [0.25, 0.3) is 0 Å². The number of carbonyl (C=O) groups excluding carboxylic acids is 1. The molecule has 0 spiro atoms. The molecule has 2 aromatic rings. The van der Waals surface area contributed by atoms with Crippen molar-refractivity contribution in [3.05, 3.63) is 58.3 Å². The number of piperidine rings is 1. The second-order valence-electron chi connectivity index (χ2n) is 7.28. The number of benzene rings is 1. The first-order valence-corrected chi connectivity index (χ1v) is 9.67. The molecule has 5 nitrogen and oxygen atoms in total. The summed E-state index contributed by atoms with van der Waals surface area (Å²) in [6.45, 7) is 7.66. The Morgan fingerprint density at radius 2 is 1.85 bits per heavy atom. The Balaban J connectivity index is 1.60. The zero-order chi connectivity index (χ0) is 19.2. The van der Waals surface area contributed by atoms with Gasteiger partial charge < -0.3 is 10.1 Å². The van der Waals surface area contributed by atoms with E-state index in [0.29, 0.717) is 18.0 Å². The number of aryl methyl sites for hydroxylation is 2. The number of methoxy groups -OCH3 is 1. The summed E-state index contributed by atoms with van der Waals surface area (Å²) in [7, 11) is 1.60. The number of nitrogens with one attached hydrogen (secondary N) is 1. The van der Waals surface area contributed by atoms with Gasteiger partial charge in [-0.15, -0.1) is 0 Å². The maximum Gasteiger partial charge on any atom is 0.251 e. The van der Waals surface area contributed by atoms with Gasteiger partial charge >= 0.3 is 0 Å². The van der Waals surface area contributed by atoms with Crippen LogP contribution in [0.5, 0.6) is 5.88 Å². The summed E-state index contributed by atoms with van der Waals surface area (Å²) < 4.78 is 5.37. The molecule has 144 valence electrons. The van der Waals surface area contributed by atoms with E-state index >= 15 is 0 Å². The topological polar surface area (TPSA) is 54.5 Å². The van der Waals surface area contributed by atoms with Crippen LogP contribution in [-0.2, 0) is 13.1 Å². The fourth-order valence-electron chi connectivity index (χ4n) is 3.62. The maximum absolute atomic E-state index is 12.5. The molecule has 1 saturated heterocycles. The van der Waals surface area contributed by atoms with E-state index in [1.807, 2.05) is 32.0 Å². The molecular weight excluding hydrogens is 338 g/mol. The summed E-state index contributed by atoms with van der Waals surface area (Å²) in [5, 5.41) is 2.98. The highest BCUT2D eigenvalue weighted by Gasteiger charge is 2.13. The minimum Gasteiger partial charge on any atom is -0.481 e. The van der Waals surface area contributed by atoms with E-state index in [4.69, 9.17) is 4.74 Å². The van der Waals surface area contributed by atoms with E-state index in [2.05, 4.69) is 27.3 Å². The first-order chi connectivity index (χ1) is 13.1. The quantitative estimate of drug-likeness (QED) is 0.847. The minimum absolute atomic E-state index is 0.0819. The Kier molecular flexibility index (Phi) is 6.45. The van der Waals surface area contributed by atoms with Gasteiger partial charge in [-0.25, -0.2) is 4.98 Å². The molecule has 5 heteroatoms. The molecule has 0 saturated carbocycles. The molecule has 1 amide bonds. The fraction of sp³-hybridized carbons (Fsp3) is 0.455. The van der Waals surface area contributed by atoms with Crippen LogP contribution in [0.3, 0.4) is 0 Å². The number of carbonyl (C=O) groups is 1. The number of amides is 1. The molecule has 1 aromatic heterocycles. The van der Waals surface area contributed by atoms with Crippen LogP contribution in [-0.4, -0.2) is 36.0 Å². The van der Waals surface area contributed by atoms with Gasteiger partial charge in [0.1, 0.15) is 0 Å². The van der Waals surface area contributed by atoms with Crippen LogP contribution < -0.4 is 10.1 Å². The molecule has 0 radical (unpaired) electrons. The lowest BCUT2D eigenvalue weighted by atomic mass is 10.1. The predicted octanol–water partition coefficient (Wildman–Crippen LogP) is 3.62. The van der Waals surface area contributed by atoms with Gasteiger partial charge in [-0.1, -0.05) is 18.6 Å². The SMILES string of the molecule is COc1nc(C)cc(C)c1CNC(=O)c1ccc(CN2CCCCC2)cc1. The number of pyridine rings is 1.